The summed E-state index contributed by atoms with van der Waals surface area (Å²) in [4.78, 5) is 10.6. The third-order valence-corrected chi connectivity index (χ3v) is 3.54. The van der Waals surface area contributed by atoms with Crippen LogP contribution in [-0.2, 0) is 19.0 Å². The molecule has 86 valence electrons. The Balaban J connectivity index is 4.43. The van der Waals surface area contributed by atoms with Crippen LogP contribution < -0.4 is 0 Å². The van der Waals surface area contributed by atoms with E-state index in [1.807, 2.05) is 0 Å². The highest BCUT2D eigenvalue weighted by Crippen LogP contribution is 2.03. The van der Waals surface area contributed by atoms with E-state index in [1.165, 1.54) is 21.3 Å². The second-order valence-electron chi connectivity index (χ2n) is 2.78. The zero-order valence-corrected chi connectivity index (χ0v) is 10.6. The predicted molar refractivity (Wildman–Crippen MR) is 58.2 cm³/mol. The lowest BCUT2D eigenvalue weighted by atomic mass is 10.6. The van der Waals surface area contributed by atoms with E-state index in [0.29, 0.717) is 5.95 Å². The van der Waals surface area contributed by atoms with Gasteiger partial charge in [0.1, 0.15) is 9.52 Å². The van der Waals surface area contributed by atoms with Crippen molar-refractivity contribution in [2.75, 3.05) is 21.3 Å². The maximum atomic E-state index is 10.6. The molecule has 1 atom stereocenters. The molecule has 0 saturated carbocycles. The molecular weight excluding hydrogens is 216 g/mol. The first kappa shape index (κ1) is 13.7. The highest BCUT2D eigenvalue weighted by atomic mass is 28.2. The van der Waals surface area contributed by atoms with Gasteiger partial charge in [-0.1, -0.05) is 6.58 Å². The molecule has 6 heteroatoms. The van der Waals surface area contributed by atoms with Gasteiger partial charge in [-0.25, -0.2) is 4.79 Å². The van der Waals surface area contributed by atoms with Crippen molar-refractivity contribution in [2.45, 2.75) is 5.73 Å². The van der Waals surface area contributed by atoms with Gasteiger partial charge in [0.25, 0.3) is 5.95 Å². The fraction of sp³-hybridized carbons (Fsp3) is 0.444. The highest BCUT2D eigenvalue weighted by Gasteiger charge is 2.14. The van der Waals surface area contributed by atoms with Gasteiger partial charge in [-0.15, -0.1) is 0 Å². The molecule has 0 heterocycles. The molecule has 0 aromatic carbocycles. The molecular formula is C9H16O5Si. The Morgan fingerprint density at radius 2 is 1.93 bits per heavy atom. The highest BCUT2D eigenvalue weighted by molar-refractivity contribution is 6.54. The number of hydrogen-bond donors (Lipinski definition) is 1. The largest absolute Gasteiger partial charge is 0.478 e. The van der Waals surface area contributed by atoms with Crippen LogP contribution in [0.3, 0.4) is 0 Å². The van der Waals surface area contributed by atoms with E-state index in [4.69, 9.17) is 19.3 Å². The van der Waals surface area contributed by atoms with Gasteiger partial charge in [0.05, 0.1) is 19.9 Å². The van der Waals surface area contributed by atoms with Crippen LogP contribution in [0, 0.1) is 0 Å². The Morgan fingerprint density at radius 1 is 1.40 bits per heavy atom. The molecule has 0 aliphatic heterocycles. The van der Waals surface area contributed by atoms with E-state index in [0.717, 1.165) is 0 Å². The Morgan fingerprint density at radius 3 is 2.27 bits per heavy atom. The van der Waals surface area contributed by atoms with Crippen molar-refractivity contribution in [3.8, 4) is 0 Å². The van der Waals surface area contributed by atoms with Gasteiger partial charge in [0, 0.05) is 18.4 Å². The lowest BCUT2D eigenvalue weighted by molar-refractivity contribution is -0.131. The summed E-state index contributed by atoms with van der Waals surface area (Å²) < 4.78 is 14.9. The monoisotopic (exact) mass is 232 g/mol. The average molecular weight is 232 g/mol. The SMILES string of the molecule is C=C([SiH2]C(C=C(OC)OC)OC)C(=O)O. The van der Waals surface area contributed by atoms with Crippen LogP contribution >= 0.6 is 0 Å². The second kappa shape index (κ2) is 7.08. The number of ether oxygens (including phenoxy) is 3. The minimum absolute atomic E-state index is 0.213. The zero-order chi connectivity index (χ0) is 11.8. The first-order valence-corrected chi connectivity index (χ1v) is 5.81. The van der Waals surface area contributed by atoms with Crippen LogP contribution in [0.5, 0.6) is 0 Å². The number of aliphatic carboxylic acids is 1. The van der Waals surface area contributed by atoms with Crippen molar-refractivity contribution in [2.24, 2.45) is 0 Å². The van der Waals surface area contributed by atoms with Gasteiger partial charge < -0.3 is 19.3 Å². The normalized spacial score (nSPS) is 12.2. The van der Waals surface area contributed by atoms with Gasteiger partial charge in [-0.3, -0.25) is 0 Å². The summed E-state index contributed by atoms with van der Waals surface area (Å²) in [6, 6.07) is 0. The summed E-state index contributed by atoms with van der Waals surface area (Å²) >= 11 is 0. The Bertz CT molecular complexity index is 255. The molecule has 0 saturated heterocycles. The maximum absolute atomic E-state index is 10.6. The molecule has 1 N–H and O–H groups in total. The van der Waals surface area contributed by atoms with Crippen LogP contribution in [0.4, 0.5) is 0 Å². The van der Waals surface area contributed by atoms with Crippen LogP contribution in [0.25, 0.3) is 0 Å². The third-order valence-electron chi connectivity index (χ3n) is 1.78. The number of hydrogen-bond acceptors (Lipinski definition) is 4. The quantitative estimate of drug-likeness (QED) is 0.376. The summed E-state index contributed by atoms with van der Waals surface area (Å²) in [5.74, 6) is -0.666. The lowest BCUT2D eigenvalue weighted by Crippen LogP contribution is -2.23. The van der Waals surface area contributed by atoms with Crippen molar-refractivity contribution in [3.63, 3.8) is 0 Å². The van der Waals surface area contributed by atoms with Gasteiger partial charge in [0.15, 0.2) is 0 Å². The summed E-state index contributed by atoms with van der Waals surface area (Å²) in [5.41, 5.74) is -0.288. The van der Waals surface area contributed by atoms with Crippen molar-refractivity contribution >= 4 is 15.5 Å². The van der Waals surface area contributed by atoms with Crippen molar-refractivity contribution < 1.29 is 24.1 Å². The first-order valence-electron chi connectivity index (χ1n) is 4.28. The number of rotatable bonds is 7. The molecule has 5 nitrogen and oxygen atoms in total. The lowest BCUT2D eigenvalue weighted by Gasteiger charge is -2.12. The molecule has 15 heavy (non-hydrogen) atoms. The fourth-order valence-electron chi connectivity index (χ4n) is 0.912. The van der Waals surface area contributed by atoms with Crippen molar-refractivity contribution in [1.82, 2.24) is 0 Å². The smallest absolute Gasteiger partial charge is 0.326 e. The Hall–Kier alpha value is -1.27. The molecule has 0 amide bonds. The van der Waals surface area contributed by atoms with Crippen molar-refractivity contribution in [1.29, 1.82) is 0 Å². The number of carboxylic acid groups (broad SMARTS) is 1. The molecule has 0 aliphatic carbocycles. The van der Waals surface area contributed by atoms with Gasteiger partial charge >= 0.3 is 5.97 Å². The predicted octanol–water partition coefficient (Wildman–Crippen LogP) is -0.140. The van der Waals surface area contributed by atoms with Crippen LogP contribution in [0.15, 0.2) is 23.8 Å². The second-order valence-corrected chi connectivity index (χ2v) is 4.85. The summed E-state index contributed by atoms with van der Waals surface area (Å²) in [6.07, 6.45) is 1.61. The Kier molecular flexibility index (Phi) is 6.48. The first-order chi connectivity index (χ1) is 7.04. The molecule has 0 radical (unpaired) electrons. The molecule has 0 bridgehead atoms. The molecule has 0 aliphatic rings. The van der Waals surface area contributed by atoms with Crippen LogP contribution in [0.1, 0.15) is 0 Å². The molecule has 0 aromatic heterocycles. The number of carboxylic acids is 1. The van der Waals surface area contributed by atoms with Crippen molar-refractivity contribution in [3.05, 3.63) is 23.8 Å². The summed E-state index contributed by atoms with van der Waals surface area (Å²) in [6.45, 7) is 3.47. The molecule has 0 fully saturated rings. The summed E-state index contributed by atoms with van der Waals surface area (Å²) in [7, 11) is 3.33. The molecule has 0 aromatic rings. The standard InChI is InChI=1S/C9H16O5Si/c1-6(9(10)11)15-8(14-4)5-7(12-2)13-3/h5,8H,1,15H2,2-4H3,(H,10,11). The van der Waals surface area contributed by atoms with E-state index in [2.05, 4.69) is 6.58 Å². The fourth-order valence-corrected chi connectivity index (χ4v) is 2.05. The Labute approximate surface area is 91.2 Å². The molecule has 1 unspecified atom stereocenters. The maximum Gasteiger partial charge on any atom is 0.326 e. The van der Waals surface area contributed by atoms with Gasteiger partial charge in [0.2, 0.25) is 0 Å². The summed E-state index contributed by atoms with van der Waals surface area (Å²) in [5, 5.41) is 8.88. The van der Waals surface area contributed by atoms with E-state index < -0.39 is 15.5 Å². The average Bonchev–Trinajstić information content (AvgIpc) is 2.23. The van der Waals surface area contributed by atoms with E-state index in [9.17, 15) is 4.79 Å². The molecule has 0 spiro atoms. The number of carbonyl (C=O) groups is 1. The third kappa shape index (κ3) is 5.23. The van der Waals surface area contributed by atoms with E-state index >= 15 is 0 Å². The minimum Gasteiger partial charge on any atom is -0.478 e. The zero-order valence-electron chi connectivity index (χ0n) is 9.15. The molecule has 0 rings (SSSR count). The number of methoxy groups -OCH3 is 3. The van der Waals surface area contributed by atoms with Crippen LogP contribution in [0.2, 0.25) is 0 Å². The van der Waals surface area contributed by atoms with Crippen LogP contribution in [-0.4, -0.2) is 47.7 Å². The van der Waals surface area contributed by atoms with Gasteiger partial charge in [-0.05, 0) is 0 Å². The minimum atomic E-state index is -1.11. The van der Waals surface area contributed by atoms with E-state index in [-0.39, 0.29) is 10.9 Å². The van der Waals surface area contributed by atoms with Gasteiger partial charge in [-0.2, -0.15) is 0 Å². The van der Waals surface area contributed by atoms with E-state index in [1.54, 1.807) is 6.08 Å². The topological polar surface area (TPSA) is 65.0 Å².